The summed E-state index contributed by atoms with van der Waals surface area (Å²) in [4.78, 5) is 25.4. The highest BCUT2D eigenvalue weighted by atomic mass is 35.5. The molecule has 27 heavy (non-hydrogen) atoms. The van der Waals surface area contributed by atoms with Gasteiger partial charge in [0.1, 0.15) is 12.6 Å². The first-order chi connectivity index (χ1) is 13.0. The SMILES string of the molecule is COc1cc(C(=O)N2CCCC2C(=O)O)ccc1OCc1ccc(Cl)cc1. The molecule has 0 saturated carbocycles. The van der Waals surface area contributed by atoms with E-state index in [-0.39, 0.29) is 5.91 Å². The lowest BCUT2D eigenvalue weighted by Gasteiger charge is -2.22. The van der Waals surface area contributed by atoms with Crippen molar-refractivity contribution in [3.05, 3.63) is 58.6 Å². The van der Waals surface area contributed by atoms with Crippen LogP contribution in [-0.2, 0) is 11.4 Å². The number of carboxylic acid groups (broad SMARTS) is 1. The van der Waals surface area contributed by atoms with E-state index in [1.807, 2.05) is 12.1 Å². The van der Waals surface area contributed by atoms with Crippen molar-refractivity contribution in [1.82, 2.24) is 4.90 Å². The van der Waals surface area contributed by atoms with E-state index in [2.05, 4.69) is 0 Å². The number of likely N-dealkylation sites (tertiary alicyclic amines) is 1. The highest BCUT2D eigenvalue weighted by Gasteiger charge is 2.34. The molecule has 6 nitrogen and oxygen atoms in total. The number of hydrogen-bond acceptors (Lipinski definition) is 4. The number of hydrogen-bond donors (Lipinski definition) is 1. The third-order valence-corrected chi connectivity index (χ3v) is 4.77. The Hall–Kier alpha value is -2.73. The van der Waals surface area contributed by atoms with E-state index in [0.29, 0.717) is 48.1 Å². The first kappa shape index (κ1) is 19.0. The van der Waals surface area contributed by atoms with Crippen LogP contribution >= 0.6 is 11.6 Å². The lowest BCUT2D eigenvalue weighted by Crippen LogP contribution is -2.40. The Labute approximate surface area is 162 Å². The lowest BCUT2D eigenvalue weighted by molar-refractivity contribution is -0.141. The average molecular weight is 390 g/mol. The Morgan fingerprint density at radius 3 is 2.59 bits per heavy atom. The van der Waals surface area contributed by atoms with Crippen LogP contribution in [0.4, 0.5) is 0 Å². The number of rotatable bonds is 6. The lowest BCUT2D eigenvalue weighted by atomic mass is 10.1. The van der Waals surface area contributed by atoms with E-state index >= 15 is 0 Å². The zero-order chi connectivity index (χ0) is 19.4. The first-order valence-corrected chi connectivity index (χ1v) is 8.96. The largest absolute Gasteiger partial charge is 0.493 e. The van der Waals surface area contributed by atoms with E-state index in [1.165, 1.54) is 12.0 Å². The van der Waals surface area contributed by atoms with Crippen molar-refractivity contribution < 1.29 is 24.2 Å². The van der Waals surface area contributed by atoms with Crippen molar-refractivity contribution in [2.24, 2.45) is 0 Å². The molecule has 0 aromatic heterocycles. The van der Waals surface area contributed by atoms with Crippen LogP contribution in [0.3, 0.4) is 0 Å². The average Bonchev–Trinajstić information content (AvgIpc) is 3.17. The summed E-state index contributed by atoms with van der Waals surface area (Å²) in [5, 5.41) is 9.93. The minimum atomic E-state index is -0.976. The molecule has 2 aromatic rings. The molecule has 1 fully saturated rings. The topological polar surface area (TPSA) is 76.1 Å². The Morgan fingerprint density at radius 1 is 1.19 bits per heavy atom. The molecule has 7 heteroatoms. The predicted octanol–water partition coefficient (Wildman–Crippen LogP) is 3.62. The molecule has 0 spiro atoms. The van der Waals surface area contributed by atoms with Crippen molar-refractivity contribution >= 4 is 23.5 Å². The molecule has 2 aromatic carbocycles. The van der Waals surface area contributed by atoms with Gasteiger partial charge in [-0.1, -0.05) is 23.7 Å². The molecule has 1 saturated heterocycles. The Bertz CT molecular complexity index is 837. The molecule has 3 rings (SSSR count). The molecule has 1 aliphatic rings. The van der Waals surface area contributed by atoms with Gasteiger partial charge in [-0.3, -0.25) is 4.79 Å². The maximum absolute atomic E-state index is 12.7. The molecule has 0 bridgehead atoms. The fraction of sp³-hybridized carbons (Fsp3) is 0.300. The van der Waals surface area contributed by atoms with Gasteiger partial charge in [-0.25, -0.2) is 4.79 Å². The molecule has 1 atom stereocenters. The number of aliphatic carboxylic acids is 1. The third kappa shape index (κ3) is 4.34. The normalized spacial score (nSPS) is 16.2. The summed E-state index contributed by atoms with van der Waals surface area (Å²) in [5.74, 6) is -0.376. The molecule has 0 radical (unpaired) electrons. The number of carboxylic acids is 1. The monoisotopic (exact) mass is 389 g/mol. The van der Waals surface area contributed by atoms with Gasteiger partial charge < -0.3 is 19.5 Å². The van der Waals surface area contributed by atoms with E-state index in [9.17, 15) is 14.7 Å². The number of halogens is 1. The van der Waals surface area contributed by atoms with Gasteiger partial charge in [0, 0.05) is 17.1 Å². The molecule has 0 aliphatic carbocycles. The highest BCUT2D eigenvalue weighted by molar-refractivity contribution is 6.30. The number of ether oxygens (including phenoxy) is 2. The number of carbonyl (C=O) groups excluding carboxylic acids is 1. The second-order valence-electron chi connectivity index (χ2n) is 6.28. The standard InChI is InChI=1S/C20H20ClNO5/c1-26-18-11-14(19(23)22-10-2-3-16(22)20(24)25)6-9-17(18)27-12-13-4-7-15(21)8-5-13/h4-9,11,16H,2-3,10,12H2,1H3,(H,24,25). The minimum Gasteiger partial charge on any atom is -0.493 e. The predicted molar refractivity (Wildman–Crippen MR) is 100 cm³/mol. The maximum atomic E-state index is 12.7. The zero-order valence-corrected chi connectivity index (χ0v) is 15.6. The van der Waals surface area contributed by atoms with Gasteiger partial charge in [-0.05, 0) is 48.7 Å². The van der Waals surface area contributed by atoms with Crippen LogP contribution in [0.1, 0.15) is 28.8 Å². The van der Waals surface area contributed by atoms with Crippen LogP contribution in [0, 0.1) is 0 Å². The molecule has 1 unspecified atom stereocenters. The Balaban J connectivity index is 1.74. The molecular weight excluding hydrogens is 370 g/mol. The minimum absolute atomic E-state index is 0.317. The van der Waals surface area contributed by atoms with Crippen LogP contribution < -0.4 is 9.47 Å². The molecule has 142 valence electrons. The summed E-state index contributed by atoms with van der Waals surface area (Å²) in [6.07, 6.45) is 1.16. The van der Waals surface area contributed by atoms with Gasteiger partial charge in [0.25, 0.3) is 5.91 Å². The number of carbonyl (C=O) groups is 2. The van der Waals surface area contributed by atoms with Crippen molar-refractivity contribution in [3.63, 3.8) is 0 Å². The summed E-state index contributed by atoms with van der Waals surface area (Å²) in [6.45, 7) is 0.765. The van der Waals surface area contributed by atoms with Gasteiger partial charge >= 0.3 is 5.97 Å². The molecular formula is C20H20ClNO5. The Morgan fingerprint density at radius 2 is 1.93 bits per heavy atom. The maximum Gasteiger partial charge on any atom is 0.326 e. The smallest absolute Gasteiger partial charge is 0.326 e. The van der Waals surface area contributed by atoms with Gasteiger partial charge in [0.05, 0.1) is 7.11 Å². The number of methoxy groups -OCH3 is 1. The van der Waals surface area contributed by atoms with Crippen LogP contribution in [0.15, 0.2) is 42.5 Å². The highest BCUT2D eigenvalue weighted by Crippen LogP contribution is 2.30. The number of benzene rings is 2. The van der Waals surface area contributed by atoms with E-state index < -0.39 is 12.0 Å². The summed E-state index contributed by atoms with van der Waals surface area (Å²) < 4.78 is 11.1. The molecule has 1 heterocycles. The second-order valence-corrected chi connectivity index (χ2v) is 6.71. The number of nitrogens with zero attached hydrogens (tertiary/aromatic N) is 1. The van der Waals surface area contributed by atoms with Gasteiger partial charge in [-0.2, -0.15) is 0 Å². The van der Waals surface area contributed by atoms with Crippen LogP contribution in [0.5, 0.6) is 11.5 Å². The second kappa shape index (κ2) is 8.31. The van der Waals surface area contributed by atoms with Crippen LogP contribution in [0.25, 0.3) is 0 Å². The Kier molecular flexibility index (Phi) is 5.86. The summed E-state index contributed by atoms with van der Waals surface area (Å²) in [7, 11) is 1.49. The van der Waals surface area contributed by atoms with Gasteiger partial charge in [0.15, 0.2) is 11.5 Å². The van der Waals surface area contributed by atoms with E-state index in [0.717, 1.165) is 5.56 Å². The fourth-order valence-electron chi connectivity index (χ4n) is 3.09. The summed E-state index contributed by atoms with van der Waals surface area (Å²) in [5.41, 5.74) is 1.32. The fourth-order valence-corrected chi connectivity index (χ4v) is 3.22. The van der Waals surface area contributed by atoms with Gasteiger partial charge in [0.2, 0.25) is 0 Å². The molecule has 1 aliphatic heterocycles. The summed E-state index contributed by atoms with van der Waals surface area (Å²) >= 11 is 5.87. The third-order valence-electron chi connectivity index (χ3n) is 4.52. The van der Waals surface area contributed by atoms with Crippen LogP contribution in [0.2, 0.25) is 5.02 Å². The van der Waals surface area contributed by atoms with Crippen molar-refractivity contribution in [3.8, 4) is 11.5 Å². The van der Waals surface area contributed by atoms with E-state index in [4.69, 9.17) is 21.1 Å². The van der Waals surface area contributed by atoms with Crippen molar-refractivity contribution in [1.29, 1.82) is 0 Å². The van der Waals surface area contributed by atoms with Gasteiger partial charge in [-0.15, -0.1) is 0 Å². The molecule has 1 amide bonds. The summed E-state index contributed by atoms with van der Waals surface area (Å²) in [6, 6.07) is 11.4. The quantitative estimate of drug-likeness (QED) is 0.816. The zero-order valence-electron chi connectivity index (χ0n) is 14.9. The first-order valence-electron chi connectivity index (χ1n) is 8.58. The van der Waals surface area contributed by atoms with E-state index in [1.54, 1.807) is 30.3 Å². The molecule has 1 N–H and O–H groups in total. The number of amides is 1. The van der Waals surface area contributed by atoms with Crippen LogP contribution in [-0.4, -0.2) is 41.6 Å². The van der Waals surface area contributed by atoms with Crippen molar-refractivity contribution in [2.75, 3.05) is 13.7 Å². The van der Waals surface area contributed by atoms with Crippen molar-refractivity contribution in [2.45, 2.75) is 25.5 Å².